The number of anilines is 1. The van der Waals surface area contributed by atoms with E-state index < -0.39 is 24.4 Å². The summed E-state index contributed by atoms with van der Waals surface area (Å²) < 4.78 is 34.9. The van der Waals surface area contributed by atoms with Crippen molar-refractivity contribution in [1.29, 1.82) is 0 Å². The van der Waals surface area contributed by atoms with Crippen LogP contribution >= 0.6 is 0 Å². The first-order chi connectivity index (χ1) is 15.3. The fourth-order valence-electron chi connectivity index (χ4n) is 3.46. The molecule has 0 aromatic heterocycles. The minimum absolute atomic E-state index is 0.0250. The summed E-state index contributed by atoms with van der Waals surface area (Å²) in [5.74, 6) is -0.317. The van der Waals surface area contributed by atoms with Gasteiger partial charge >= 0.3 is 0 Å². The average Bonchev–Trinajstić information content (AvgIpc) is 2.73. The summed E-state index contributed by atoms with van der Waals surface area (Å²) in [6.45, 7) is 16.5. The lowest BCUT2D eigenvalue weighted by molar-refractivity contribution is -0.123. The fraction of sp³-hybridized carbons (Fsp3) is 0.400. The van der Waals surface area contributed by atoms with E-state index in [1.54, 1.807) is 29.2 Å². The Kier molecular flexibility index (Phi) is 6.93. The third kappa shape index (κ3) is 5.07. The molecule has 1 atom stereocenters. The topological polar surface area (TPSA) is 66.9 Å². The highest BCUT2D eigenvalue weighted by molar-refractivity contribution is 7.89. The minimum atomic E-state index is -4.00. The summed E-state index contributed by atoms with van der Waals surface area (Å²) in [4.78, 5) is 15.4. The van der Waals surface area contributed by atoms with E-state index >= 15 is 0 Å². The molecule has 0 aliphatic carbocycles. The number of carbonyl (C=O) groups excluding carboxylic acids is 1. The Balaban J connectivity index is 2.03. The van der Waals surface area contributed by atoms with Crippen molar-refractivity contribution >= 4 is 29.9 Å². The Hall–Kier alpha value is -2.42. The van der Waals surface area contributed by atoms with Gasteiger partial charge in [0.25, 0.3) is 15.9 Å². The summed E-state index contributed by atoms with van der Waals surface area (Å²) in [5, 5.41) is -0.0818. The van der Waals surface area contributed by atoms with Crippen molar-refractivity contribution < 1.29 is 17.6 Å². The predicted octanol–water partition coefficient (Wildman–Crippen LogP) is 4.94. The van der Waals surface area contributed by atoms with Gasteiger partial charge in [-0.05, 0) is 49.3 Å². The van der Waals surface area contributed by atoms with Gasteiger partial charge in [0.2, 0.25) is 0 Å². The van der Waals surface area contributed by atoms with Crippen molar-refractivity contribution in [3.8, 4) is 0 Å². The zero-order chi connectivity index (χ0) is 24.6. The van der Waals surface area contributed by atoms with Crippen LogP contribution in [-0.2, 0) is 19.2 Å². The van der Waals surface area contributed by atoms with E-state index in [0.29, 0.717) is 11.4 Å². The number of amides is 1. The van der Waals surface area contributed by atoms with E-state index in [-0.39, 0.29) is 29.0 Å². The maximum Gasteiger partial charge on any atom is 0.264 e. The zero-order valence-corrected chi connectivity index (χ0v) is 22.1. The highest BCUT2D eigenvalue weighted by Gasteiger charge is 2.46. The number of aryl methyl sites for hydroxylation is 1. The van der Waals surface area contributed by atoms with Crippen molar-refractivity contribution in [2.24, 2.45) is 0 Å². The molecule has 1 aliphatic heterocycles. The lowest BCUT2D eigenvalue weighted by Crippen LogP contribution is -2.60. The predicted molar refractivity (Wildman–Crippen MR) is 135 cm³/mol. The third-order valence-electron chi connectivity index (χ3n) is 6.54. The second-order valence-corrected chi connectivity index (χ2v) is 16.7. The molecule has 1 aliphatic rings. The first kappa shape index (κ1) is 25.2. The van der Waals surface area contributed by atoms with Crippen molar-refractivity contribution in [2.45, 2.75) is 56.8 Å². The largest absolute Gasteiger partial charge is 0.414 e. The Morgan fingerprint density at radius 1 is 1.06 bits per heavy atom. The summed E-state index contributed by atoms with van der Waals surface area (Å²) in [6, 6.07) is 14.8. The van der Waals surface area contributed by atoms with Crippen LogP contribution in [0.15, 0.2) is 71.8 Å². The van der Waals surface area contributed by atoms with Crippen LogP contribution in [0, 0.1) is 6.92 Å². The van der Waals surface area contributed by atoms with Crippen molar-refractivity contribution in [1.82, 2.24) is 4.31 Å². The zero-order valence-electron chi connectivity index (χ0n) is 20.3. The molecule has 33 heavy (non-hydrogen) atoms. The Bertz CT molecular complexity index is 1120. The number of para-hydroxylation sites is 1. The molecule has 2 aromatic carbocycles. The van der Waals surface area contributed by atoms with Gasteiger partial charge in [-0.15, -0.1) is 0 Å². The van der Waals surface area contributed by atoms with Gasteiger partial charge in [-0.2, -0.15) is 0 Å². The van der Waals surface area contributed by atoms with Gasteiger partial charge in [-0.1, -0.05) is 63.2 Å². The van der Waals surface area contributed by atoms with Crippen molar-refractivity contribution in [3.05, 3.63) is 72.4 Å². The SMILES string of the molecule is C=C1CN(c2ccccc2)C(=O)[C@@H](CO[Si](C)(C)C(C)(C)C)N1S(=O)(=O)c1ccc(C)cc1. The van der Waals surface area contributed by atoms with Crippen LogP contribution in [-0.4, -0.2) is 46.1 Å². The third-order valence-corrected chi connectivity index (χ3v) is 12.9. The van der Waals surface area contributed by atoms with E-state index in [0.717, 1.165) is 5.56 Å². The number of piperazine rings is 1. The molecule has 0 N–H and O–H groups in total. The molecule has 0 saturated carbocycles. The molecule has 1 fully saturated rings. The normalized spacial score (nSPS) is 18.1. The lowest BCUT2D eigenvalue weighted by atomic mass is 10.1. The van der Waals surface area contributed by atoms with Gasteiger partial charge in [-0.25, -0.2) is 8.42 Å². The Morgan fingerprint density at radius 2 is 1.64 bits per heavy atom. The summed E-state index contributed by atoms with van der Waals surface area (Å²) >= 11 is 0. The molecule has 1 saturated heterocycles. The highest BCUT2D eigenvalue weighted by atomic mass is 32.2. The summed E-state index contributed by atoms with van der Waals surface area (Å²) in [6.07, 6.45) is 0. The van der Waals surface area contributed by atoms with Gasteiger partial charge in [0.05, 0.1) is 18.0 Å². The van der Waals surface area contributed by atoms with Gasteiger partial charge in [0.1, 0.15) is 6.04 Å². The lowest BCUT2D eigenvalue weighted by Gasteiger charge is -2.44. The average molecular weight is 487 g/mol. The molecule has 8 heteroatoms. The van der Waals surface area contributed by atoms with Crippen molar-refractivity contribution in [3.63, 3.8) is 0 Å². The molecule has 1 amide bonds. The van der Waals surface area contributed by atoms with Crippen LogP contribution in [0.3, 0.4) is 0 Å². The van der Waals surface area contributed by atoms with E-state index in [1.807, 2.05) is 37.3 Å². The molecule has 2 aromatic rings. The van der Waals surface area contributed by atoms with Crippen LogP contribution in [0.2, 0.25) is 18.1 Å². The molecule has 0 radical (unpaired) electrons. The monoisotopic (exact) mass is 486 g/mol. The van der Waals surface area contributed by atoms with E-state index in [1.165, 1.54) is 4.31 Å². The van der Waals surface area contributed by atoms with Crippen molar-refractivity contribution in [2.75, 3.05) is 18.1 Å². The van der Waals surface area contributed by atoms with Crippen LogP contribution in [0.25, 0.3) is 0 Å². The summed E-state index contributed by atoms with van der Waals surface area (Å²) in [7, 11) is -6.24. The number of sulfonamides is 1. The molecule has 3 rings (SSSR count). The number of benzene rings is 2. The van der Waals surface area contributed by atoms with Gasteiger partial charge in [0.15, 0.2) is 8.32 Å². The molecule has 0 spiro atoms. The first-order valence-electron chi connectivity index (χ1n) is 11.0. The fourth-order valence-corrected chi connectivity index (χ4v) is 6.06. The van der Waals surface area contributed by atoms with Crippen LogP contribution in [0.5, 0.6) is 0 Å². The maximum absolute atomic E-state index is 13.7. The van der Waals surface area contributed by atoms with E-state index in [4.69, 9.17) is 4.43 Å². The highest BCUT2D eigenvalue weighted by Crippen LogP contribution is 2.38. The summed E-state index contributed by atoms with van der Waals surface area (Å²) in [5.41, 5.74) is 1.99. The second kappa shape index (κ2) is 9.08. The standard InChI is InChI=1S/C25H34N2O4SSi/c1-19-13-15-22(16-14-19)32(29,30)27-20(2)17-26(21-11-9-8-10-12-21)24(28)23(27)18-31-33(6,7)25(3,4)5/h8-16,23H,2,17-18H2,1,3-7H3/t23-/m1/s1. The molecule has 178 valence electrons. The van der Waals surface area contributed by atoms with Crippen LogP contribution in [0.4, 0.5) is 5.69 Å². The molecule has 6 nitrogen and oxygen atoms in total. The molecule has 0 bridgehead atoms. The second-order valence-electron chi connectivity index (χ2n) is 10.0. The Morgan fingerprint density at radius 3 is 2.18 bits per heavy atom. The maximum atomic E-state index is 13.7. The number of hydrogen-bond donors (Lipinski definition) is 0. The smallest absolute Gasteiger partial charge is 0.264 e. The number of hydrogen-bond acceptors (Lipinski definition) is 4. The van der Waals surface area contributed by atoms with Gasteiger partial charge < -0.3 is 9.33 Å². The molecular weight excluding hydrogens is 452 g/mol. The Labute approximate surface area is 199 Å². The first-order valence-corrected chi connectivity index (χ1v) is 15.4. The number of rotatable bonds is 6. The molecule has 1 heterocycles. The number of nitrogens with zero attached hydrogens (tertiary/aromatic N) is 2. The van der Waals surface area contributed by atoms with Crippen LogP contribution < -0.4 is 4.90 Å². The van der Waals surface area contributed by atoms with E-state index in [9.17, 15) is 13.2 Å². The van der Waals surface area contributed by atoms with Crippen LogP contribution in [0.1, 0.15) is 26.3 Å². The molecular formula is C25H34N2O4SSi. The quantitative estimate of drug-likeness (QED) is 0.543. The van der Waals surface area contributed by atoms with E-state index in [2.05, 4.69) is 40.4 Å². The minimum Gasteiger partial charge on any atom is -0.414 e. The molecule has 0 unspecified atom stereocenters. The van der Waals surface area contributed by atoms with Gasteiger partial charge in [-0.3, -0.25) is 9.10 Å². The number of carbonyl (C=O) groups is 1. The van der Waals surface area contributed by atoms with Gasteiger partial charge in [0, 0.05) is 11.4 Å².